The molecule has 3 nitrogen and oxygen atoms in total. The summed E-state index contributed by atoms with van der Waals surface area (Å²) in [5, 5.41) is 32.7. The molecule has 3 heteroatoms. The average Bonchev–Trinajstić information content (AvgIpc) is 1.70. The summed E-state index contributed by atoms with van der Waals surface area (Å²) in [6.45, 7) is 0. The summed E-state index contributed by atoms with van der Waals surface area (Å²) in [6.07, 6.45) is 52.8. The van der Waals surface area contributed by atoms with Crippen LogP contribution in [0.25, 0.3) is 89.0 Å². The molecule has 12 aromatic rings. The normalized spacial score (nSPS) is 14.0. The highest BCUT2D eigenvalue weighted by Crippen LogP contribution is 2.59. The molecule has 0 saturated heterocycles. The molecule has 490 valence electrons. The highest BCUT2D eigenvalue weighted by atomic mass is 16.3. The first-order chi connectivity index (χ1) is 50.8. The van der Waals surface area contributed by atoms with Crippen molar-refractivity contribution < 1.29 is 15.3 Å². The van der Waals surface area contributed by atoms with Crippen LogP contribution >= 0.6 is 0 Å². The number of aromatic hydroxyl groups is 3. The zero-order valence-electron chi connectivity index (χ0n) is 57.3. The van der Waals surface area contributed by atoms with Crippen molar-refractivity contribution in [2.24, 2.45) is 0 Å². The Kier molecular flexibility index (Phi) is 15.8. The molecule has 0 amide bonds. The van der Waals surface area contributed by atoms with Crippen molar-refractivity contribution in [3.8, 4) is 205 Å². The summed E-state index contributed by atoms with van der Waals surface area (Å²) < 4.78 is 0. The molecule has 104 heavy (non-hydrogen) atoms. The number of fused-ring (bicyclic) bond motifs is 12. The third-order valence-corrected chi connectivity index (χ3v) is 23.1. The van der Waals surface area contributed by atoms with Crippen molar-refractivity contribution in [1.29, 1.82) is 0 Å². The van der Waals surface area contributed by atoms with Crippen LogP contribution in [-0.2, 0) is 27.1 Å². The minimum absolute atomic E-state index is 0.159. The Labute approximate surface area is 610 Å². The minimum atomic E-state index is -0.995. The van der Waals surface area contributed by atoms with E-state index in [4.69, 9.17) is 51.4 Å². The predicted octanol–water partition coefficient (Wildman–Crippen LogP) is 21.1. The maximum atomic E-state index is 10.9. The van der Waals surface area contributed by atoms with E-state index in [9.17, 15) is 15.3 Å². The van der Waals surface area contributed by atoms with E-state index >= 15 is 0 Å². The first kappa shape index (κ1) is 65.2. The second-order valence-electron chi connectivity index (χ2n) is 28.2. The van der Waals surface area contributed by atoms with E-state index in [1.807, 2.05) is 36.4 Å². The van der Waals surface area contributed by atoms with Crippen LogP contribution in [0.15, 0.2) is 249 Å². The van der Waals surface area contributed by atoms with Crippen molar-refractivity contribution in [3.05, 3.63) is 315 Å². The standard InChI is InChI=1S/C101H68O3/c1-9-51-97(52-10-2)89-20-18-17-19-81(89)82-44-29-70(59-90(82)97)66-21-33-74(34-22-66)101(75-35-23-67(24-36-75)71-30-45-83-86-48-41-78(102)63-94(86)98(53-11-3,54-12-4)91(83)60-71,76-37-25-68(26-38-76)72-31-46-84-87-49-42-79(103)64-95(87)99(55-13-5,56-14-6)92(84)61-72)77-39-27-69(28-40-77)73-32-47-85-88-50-43-80(104)65-96(88)100(57-15-7,58-16-8)93(85)62-73/h1-8,17-50,59-65,102-104H,51-58H2. The summed E-state index contributed by atoms with van der Waals surface area (Å²) in [7, 11) is 0. The number of hydrogen-bond acceptors (Lipinski definition) is 3. The van der Waals surface area contributed by atoms with E-state index in [0.717, 1.165) is 156 Å². The lowest BCUT2D eigenvalue weighted by molar-refractivity contribution is 0.470. The Morgan fingerprint density at radius 3 is 0.644 bits per heavy atom. The fourth-order valence-electron chi connectivity index (χ4n) is 18.4. The average molecular weight is 1330 g/mol. The van der Waals surface area contributed by atoms with Crippen LogP contribution < -0.4 is 0 Å². The summed E-state index contributed by atoms with van der Waals surface area (Å²) >= 11 is 0. The molecule has 3 N–H and O–H groups in total. The molecule has 4 aliphatic rings. The maximum absolute atomic E-state index is 10.9. The van der Waals surface area contributed by atoms with Gasteiger partial charge in [-0.1, -0.05) is 188 Å². The molecular formula is C101H68O3. The van der Waals surface area contributed by atoms with Crippen molar-refractivity contribution >= 4 is 0 Å². The molecule has 0 bridgehead atoms. The van der Waals surface area contributed by atoms with Gasteiger partial charge in [0.15, 0.2) is 0 Å². The van der Waals surface area contributed by atoms with Gasteiger partial charge in [0.2, 0.25) is 0 Å². The van der Waals surface area contributed by atoms with Crippen LogP contribution in [0, 0.1) is 98.8 Å². The van der Waals surface area contributed by atoms with Gasteiger partial charge in [0, 0.05) is 73.0 Å². The largest absolute Gasteiger partial charge is 0.508 e. The van der Waals surface area contributed by atoms with Gasteiger partial charge in [-0.2, -0.15) is 0 Å². The first-order valence-corrected chi connectivity index (χ1v) is 34.9. The Balaban J connectivity index is 0.890. The van der Waals surface area contributed by atoms with E-state index in [-0.39, 0.29) is 17.2 Å². The molecule has 0 aliphatic heterocycles. The molecule has 12 aromatic carbocycles. The molecule has 0 spiro atoms. The molecule has 0 heterocycles. The van der Waals surface area contributed by atoms with Gasteiger partial charge in [0.1, 0.15) is 17.2 Å². The van der Waals surface area contributed by atoms with Crippen molar-refractivity contribution in [2.45, 2.75) is 78.4 Å². The molecule has 16 rings (SSSR count). The minimum Gasteiger partial charge on any atom is -0.508 e. The van der Waals surface area contributed by atoms with Gasteiger partial charge in [0.25, 0.3) is 0 Å². The summed E-state index contributed by atoms with van der Waals surface area (Å²) in [6, 6.07) is 87.2. The highest BCUT2D eigenvalue weighted by Gasteiger charge is 2.48. The van der Waals surface area contributed by atoms with Gasteiger partial charge in [0.05, 0.1) is 5.41 Å². The monoisotopic (exact) mass is 1330 g/mol. The lowest BCUT2D eigenvalue weighted by Crippen LogP contribution is -2.31. The third-order valence-electron chi connectivity index (χ3n) is 23.1. The van der Waals surface area contributed by atoms with Crippen LogP contribution in [0.1, 0.15) is 118 Å². The molecule has 0 aromatic heterocycles. The molecule has 0 fully saturated rings. The van der Waals surface area contributed by atoms with E-state index in [1.54, 1.807) is 18.2 Å². The Bertz CT molecular complexity index is 5430. The number of terminal acetylenes is 8. The van der Waals surface area contributed by atoms with Crippen LogP contribution in [0.2, 0.25) is 0 Å². The van der Waals surface area contributed by atoms with Gasteiger partial charge in [-0.25, -0.2) is 0 Å². The molecule has 0 saturated carbocycles. The number of phenols is 3. The third kappa shape index (κ3) is 9.69. The van der Waals surface area contributed by atoms with Crippen molar-refractivity contribution in [1.82, 2.24) is 0 Å². The second kappa shape index (κ2) is 25.3. The lowest BCUT2D eigenvalue weighted by Gasteiger charge is -2.37. The fraction of sp³-hybridized carbons (Fsp3) is 0.129. The summed E-state index contributed by atoms with van der Waals surface area (Å²) in [5.74, 6) is 24.2. The molecule has 0 atom stereocenters. The topological polar surface area (TPSA) is 60.7 Å². The van der Waals surface area contributed by atoms with Gasteiger partial charge in [-0.05, 0) is 216 Å². The Morgan fingerprint density at radius 1 is 0.212 bits per heavy atom. The zero-order chi connectivity index (χ0) is 71.7. The molecule has 0 unspecified atom stereocenters. The van der Waals surface area contributed by atoms with Gasteiger partial charge < -0.3 is 15.3 Å². The Hall–Kier alpha value is -13.5. The molecular weight excluding hydrogens is 1260 g/mol. The van der Waals surface area contributed by atoms with Crippen molar-refractivity contribution in [3.63, 3.8) is 0 Å². The number of hydrogen-bond donors (Lipinski definition) is 3. The number of benzene rings is 12. The summed E-state index contributed by atoms with van der Waals surface area (Å²) in [4.78, 5) is 0. The van der Waals surface area contributed by atoms with E-state index in [2.05, 4.69) is 241 Å². The fourth-order valence-corrected chi connectivity index (χ4v) is 18.4. The lowest BCUT2D eigenvalue weighted by atomic mass is 9.64. The number of phenolic OH excluding ortho intramolecular Hbond substituents is 3. The smallest absolute Gasteiger partial charge is 0.115 e. The zero-order valence-corrected chi connectivity index (χ0v) is 57.3. The molecule has 4 aliphatic carbocycles. The maximum Gasteiger partial charge on any atom is 0.115 e. The van der Waals surface area contributed by atoms with Gasteiger partial charge >= 0.3 is 0 Å². The van der Waals surface area contributed by atoms with Crippen LogP contribution in [0.5, 0.6) is 17.2 Å². The Morgan fingerprint density at radius 2 is 0.404 bits per heavy atom. The highest BCUT2D eigenvalue weighted by molar-refractivity contribution is 5.90. The van der Waals surface area contributed by atoms with Crippen LogP contribution in [-0.4, -0.2) is 15.3 Å². The quantitative estimate of drug-likeness (QED) is 0.0667. The van der Waals surface area contributed by atoms with Gasteiger partial charge in [-0.15, -0.1) is 98.8 Å². The number of rotatable bonds is 16. The van der Waals surface area contributed by atoms with Gasteiger partial charge in [-0.3, -0.25) is 0 Å². The van der Waals surface area contributed by atoms with Crippen molar-refractivity contribution in [2.75, 3.05) is 0 Å². The van der Waals surface area contributed by atoms with Crippen LogP contribution in [0.4, 0.5) is 0 Å². The summed E-state index contributed by atoms with van der Waals surface area (Å²) in [5.41, 5.74) is 25.0. The van der Waals surface area contributed by atoms with E-state index in [0.29, 0.717) is 51.4 Å². The van der Waals surface area contributed by atoms with E-state index < -0.39 is 27.1 Å². The predicted molar refractivity (Wildman–Crippen MR) is 424 cm³/mol. The van der Waals surface area contributed by atoms with E-state index in [1.165, 1.54) is 0 Å². The van der Waals surface area contributed by atoms with Crippen LogP contribution in [0.3, 0.4) is 0 Å². The molecule has 0 radical (unpaired) electrons. The SMILES string of the molecule is C#CCC1(CC#C)c2ccccc2-c2ccc(-c3ccc(C(c4ccc(-c5ccc6c(c5)C(CC#C)(CC#C)c5cc(O)ccc5-6)cc4)(c4ccc(-c5ccc6c(c5)C(CC#C)(CC#C)c5cc(O)ccc5-6)cc4)c4ccc(-c5ccc6c(c5)C(CC#C)(CC#C)c5cc(O)ccc5-6)cc4)cc3)cc21. The second-order valence-corrected chi connectivity index (χ2v) is 28.2. The first-order valence-electron chi connectivity index (χ1n) is 34.9.